The first-order valence-corrected chi connectivity index (χ1v) is 9.26. The number of nitrogens with zero attached hydrogens (tertiary/aromatic N) is 1. The first-order chi connectivity index (χ1) is 13.8. The van der Waals surface area contributed by atoms with Crippen molar-refractivity contribution in [1.82, 2.24) is 0 Å². The Morgan fingerprint density at radius 1 is 0.536 bits per heavy atom. The minimum atomic E-state index is 0.680. The first-order valence-electron chi connectivity index (χ1n) is 9.26. The van der Waals surface area contributed by atoms with Gasteiger partial charge >= 0.3 is 0 Å². The molecule has 0 heterocycles. The maximum Gasteiger partial charge on any atom is 0.0991 e. The van der Waals surface area contributed by atoms with E-state index in [1.165, 1.54) is 21.9 Å². The monoisotopic (exact) mass is 357 g/mol. The van der Waals surface area contributed by atoms with Gasteiger partial charge in [-0.25, -0.2) is 0 Å². The zero-order valence-electron chi connectivity index (χ0n) is 15.4. The molecule has 0 saturated carbocycles. The van der Waals surface area contributed by atoms with Gasteiger partial charge in [-0.15, -0.1) is 0 Å². The summed E-state index contributed by atoms with van der Waals surface area (Å²) in [6.45, 7) is 0. The molecule has 0 saturated heterocycles. The van der Waals surface area contributed by atoms with Crippen molar-refractivity contribution in [1.29, 1.82) is 5.26 Å². The molecule has 0 unspecified atom stereocenters. The second-order valence-corrected chi connectivity index (χ2v) is 6.64. The van der Waals surface area contributed by atoms with Gasteiger partial charge in [0.15, 0.2) is 0 Å². The van der Waals surface area contributed by atoms with Crippen molar-refractivity contribution >= 4 is 35.1 Å². The molecular weight excluding hydrogens is 338 g/mol. The number of hydrogen-bond donors (Lipinski definition) is 0. The van der Waals surface area contributed by atoms with Crippen molar-refractivity contribution in [2.24, 2.45) is 0 Å². The maximum absolute atomic E-state index is 8.86. The largest absolute Gasteiger partial charge is 0.192 e. The summed E-state index contributed by atoms with van der Waals surface area (Å²) < 4.78 is 0. The van der Waals surface area contributed by atoms with E-state index in [0.717, 1.165) is 11.1 Å². The smallest absolute Gasteiger partial charge is 0.0991 e. The molecule has 1 heteroatoms. The van der Waals surface area contributed by atoms with Gasteiger partial charge in [0.1, 0.15) is 0 Å². The third kappa shape index (κ3) is 4.09. The van der Waals surface area contributed by atoms with Crippen LogP contribution in [0.5, 0.6) is 0 Å². The molecule has 0 aliphatic rings. The molecule has 0 N–H and O–H groups in total. The Kier molecular flexibility index (Phi) is 5.13. The predicted octanol–water partition coefficient (Wildman–Crippen LogP) is 7.05. The number of fused-ring (bicyclic) bond motifs is 1. The van der Waals surface area contributed by atoms with Crippen LogP contribution in [0.3, 0.4) is 0 Å². The third-order valence-electron chi connectivity index (χ3n) is 4.72. The molecule has 0 radical (unpaired) electrons. The highest BCUT2D eigenvalue weighted by atomic mass is 14.2. The first kappa shape index (κ1) is 17.5. The van der Waals surface area contributed by atoms with Gasteiger partial charge in [-0.3, -0.25) is 0 Å². The van der Waals surface area contributed by atoms with E-state index in [-0.39, 0.29) is 0 Å². The summed E-state index contributed by atoms with van der Waals surface area (Å²) in [5.41, 5.74) is 5.30. The maximum atomic E-state index is 8.86. The number of rotatable bonds is 4. The third-order valence-corrected chi connectivity index (χ3v) is 4.72. The molecule has 4 rings (SSSR count). The highest BCUT2D eigenvalue weighted by Gasteiger charge is 1.97. The summed E-state index contributed by atoms with van der Waals surface area (Å²) in [5.74, 6) is 0. The van der Waals surface area contributed by atoms with Crippen LogP contribution in [0.15, 0.2) is 91.0 Å². The molecule has 0 aromatic heterocycles. The van der Waals surface area contributed by atoms with Gasteiger partial charge in [-0.2, -0.15) is 5.26 Å². The van der Waals surface area contributed by atoms with Crippen LogP contribution in [0.4, 0.5) is 0 Å². The number of benzene rings is 4. The van der Waals surface area contributed by atoms with Crippen molar-refractivity contribution < 1.29 is 0 Å². The fourth-order valence-corrected chi connectivity index (χ4v) is 3.16. The lowest BCUT2D eigenvalue weighted by Crippen LogP contribution is -1.79. The summed E-state index contributed by atoms with van der Waals surface area (Å²) in [6.07, 6.45) is 8.46. The zero-order valence-corrected chi connectivity index (χ0v) is 15.4. The molecule has 0 bridgehead atoms. The molecule has 0 spiro atoms. The second-order valence-electron chi connectivity index (χ2n) is 6.64. The Morgan fingerprint density at radius 3 is 1.71 bits per heavy atom. The van der Waals surface area contributed by atoms with Crippen LogP contribution < -0.4 is 0 Å². The van der Waals surface area contributed by atoms with Crippen LogP contribution in [-0.4, -0.2) is 0 Å². The Morgan fingerprint density at radius 2 is 1.07 bits per heavy atom. The molecule has 0 aliphatic carbocycles. The van der Waals surface area contributed by atoms with Crippen LogP contribution in [-0.2, 0) is 0 Å². The predicted molar refractivity (Wildman–Crippen MR) is 119 cm³/mol. The van der Waals surface area contributed by atoms with Crippen molar-refractivity contribution in [3.05, 3.63) is 119 Å². The molecule has 1 nitrogen and oxygen atoms in total. The summed E-state index contributed by atoms with van der Waals surface area (Å²) in [5, 5.41) is 11.4. The lowest BCUT2D eigenvalue weighted by molar-refractivity contribution is 1.48. The summed E-state index contributed by atoms with van der Waals surface area (Å²) in [6, 6.07) is 33.0. The van der Waals surface area contributed by atoms with Crippen LogP contribution in [0.1, 0.15) is 27.8 Å². The average Bonchev–Trinajstić information content (AvgIpc) is 2.77. The van der Waals surface area contributed by atoms with Crippen molar-refractivity contribution in [3.8, 4) is 6.07 Å². The molecule has 4 aromatic rings. The fraction of sp³-hybridized carbons (Fsp3) is 0. The normalized spacial score (nSPS) is 11.2. The summed E-state index contributed by atoms with van der Waals surface area (Å²) in [4.78, 5) is 0. The molecular formula is C27H19N. The van der Waals surface area contributed by atoms with Gasteiger partial charge in [0.25, 0.3) is 0 Å². The van der Waals surface area contributed by atoms with Crippen molar-refractivity contribution in [2.45, 2.75) is 0 Å². The molecule has 0 amide bonds. The van der Waals surface area contributed by atoms with Crippen LogP contribution in [0, 0.1) is 11.3 Å². The number of hydrogen-bond acceptors (Lipinski definition) is 1. The Balaban J connectivity index is 1.49. The van der Waals surface area contributed by atoms with E-state index in [4.69, 9.17) is 5.26 Å². The Bertz CT molecular complexity index is 1180. The summed E-state index contributed by atoms with van der Waals surface area (Å²) in [7, 11) is 0. The Labute approximate surface area is 165 Å². The van der Waals surface area contributed by atoms with E-state index in [1.807, 2.05) is 24.3 Å². The van der Waals surface area contributed by atoms with Crippen LogP contribution in [0.25, 0.3) is 35.1 Å². The van der Waals surface area contributed by atoms with Gasteiger partial charge in [0, 0.05) is 0 Å². The van der Waals surface area contributed by atoms with Crippen molar-refractivity contribution in [3.63, 3.8) is 0 Å². The number of nitriles is 1. The van der Waals surface area contributed by atoms with Gasteiger partial charge in [0.2, 0.25) is 0 Å². The van der Waals surface area contributed by atoms with E-state index in [9.17, 15) is 0 Å². The summed E-state index contributed by atoms with van der Waals surface area (Å²) >= 11 is 0. The fourth-order valence-electron chi connectivity index (χ4n) is 3.16. The van der Waals surface area contributed by atoms with Gasteiger partial charge in [-0.05, 0) is 45.2 Å². The van der Waals surface area contributed by atoms with Gasteiger partial charge < -0.3 is 0 Å². The Hall–Kier alpha value is -3.89. The average molecular weight is 357 g/mol. The highest BCUT2D eigenvalue weighted by Crippen LogP contribution is 2.21. The van der Waals surface area contributed by atoms with E-state index in [2.05, 4.69) is 97.1 Å². The molecule has 0 fully saturated rings. The lowest BCUT2D eigenvalue weighted by Gasteiger charge is -2.02. The van der Waals surface area contributed by atoms with Crippen molar-refractivity contribution in [2.75, 3.05) is 0 Å². The minimum absolute atomic E-state index is 0.680. The second kappa shape index (κ2) is 8.20. The molecule has 4 aromatic carbocycles. The van der Waals surface area contributed by atoms with E-state index in [1.54, 1.807) is 0 Å². The molecule has 132 valence electrons. The quantitative estimate of drug-likeness (QED) is 0.359. The van der Waals surface area contributed by atoms with E-state index >= 15 is 0 Å². The van der Waals surface area contributed by atoms with Gasteiger partial charge in [0.05, 0.1) is 11.6 Å². The lowest BCUT2D eigenvalue weighted by atomic mass is 10.0. The molecule has 0 atom stereocenters. The molecule has 28 heavy (non-hydrogen) atoms. The van der Waals surface area contributed by atoms with Gasteiger partial charge in [-0.1, -0.05) is 103 Å². The molecule has 0 aliphatic heterocycles. The highest BCUT2D eigenvalue weighted by molar-refractivity contribution is 5.92. The zero-order chi connectivity index (χ0) is 19.2. The van der Waals surface area contributed by atoms with E-state index < -0.39 is 0 Å². The SMILES string of the molecule is N#Cc1ccc(/C=C/c2ccc(/C=C/c3cccc4ccccc34)cc2)cc1. The van der Waals surface area contributed by atoms with Crippen LogP contribution >= 0.6 is 0 Å². The minimum Gasteiger partial charge on any atom is -0.192 e. The van der Waals surface area contributed by atoms with Crippen LogP contribution in [0.2, 0.25) is 0 Å². The van der Waals surface area contributed by atoms with E-state index in [0.29, 0.717) is 5.56 Å². The topological polar surface area (TPSA) is 23.8 Å². The standard InChI is InChI=1S/C27H19N/c28-20-24-16-14-22(15-17-24)9-8-21-10-12-23(13-11-21)18-19-26-6-3-5-25-4-1-2-7-27(25)26/h1-19H/b9-8+,19-18+.